The Morgan fingerprint density at radius 3 is 3.14 bits per heavy atom. The highest BCUT2D eigenvalue weighted by Gasteiger charge is 2.49. The van der Waals surface area contributed by atoms with Crippen LogP contribution in [0.2, 0.25) is 0 Å². The number of hydrogen-bond acceptors (Lipinski definition) is 11. The minimum absolute atomic E-state index is 0.127. The predicted octanol–water partition coefficient (Wildman–Crippen LogP) is 3.05. The summed E-state index contributed by atoms with van der Waals surface area (Å²) < 4.78 is 38.1. The summed E-state index contributed by atoms with van der Waals surface area (Å²) in [6.45, 7) is 0.148. The van der Waals surface area contributed by atoms with E-state index in [0.717, 1.165) is 17.9 Å². The number of nitrogens with zero attached hydrogens (tertiary/aromatic N) is 3. The minimum atomic E-state index is -3.60. The third-order valence-electron chi connectivity index (χ3n) is 4.74. The van der Waals surface area contributed by atoms with Gasteiger partial charge >= 0.3 is 7.82 Å². The van der Waals surface area contributed by atoms with Crippen LogP contribution < -0.4 is 5.73 Å². The quantitative estimate of drug-likeness (QED) is 0.396. The lowest BCUT2D eigenvalue weighted by Crippen LogP contribution is -2.34. The fraction of sp³-hybridized carbons (Fsp3) is 0.643. The van der Waals surface area contributed by atoms with Gasteiger partial charge in [0.1, 0.15) is 28.6 Å². The van der Waals surface area contributed by atoms with E-state index in [1.165, 1.54) is 0 Å². The van der Waals surface area contributed by atoms with Crippen LogP contribution in [0.5, 0.6) is 0 Å². The number of phosphoric ester groups is 1. The number of imidazole rings is 1. The van der Waals surface area contributed by atoms with E-state index in [9.17, 15) is 4.57 Å². The second-order valence-electron chi connectivity index (χ2n) is 6.65. The number of ether oxygens (including phenoxy) is 1. The molecule has 2 aromatic heterocycles. The van der Waals surface area contributed by atoms with Gasteiger partial charge in [0.05, 0.1) is 19.0 Å². The summed E-state index contributed by atoms with van der Waals surface area (Å²) in [5.74, 6) is 1.93. The molecule has 0 amide bonds. The fourth-order valence-electron chi connectivity index (χ4n) is 3.41. The first-order valence-electron chi connectivity index (χ1n) is 8.74. The lowest BCUT2D eigenvalue weighted by Gasteiger charge is -2.32. The number of aromatic amines is 1. The Bertz CT molecular complexity index is 995. The number of nitrogen functional groups attached to an aromatic ring is 1. The van der Waals surface area contributed by atoms with Crippen LogP contribution in [-0.4, -0.2) is 55.9 Å². The lowest BCUT2D eigenvalue weighted by atomic mass is 10.2. The summed E-state index contributed by atoms with van der Waals surface area (Å²) >= 11 is 5.25. The standard InChI is InChI=1S/C14H18N5O5PS3/c15-14-17-12-11(13(26)18-14)16-6-19(12)10-3-8-9(22-10)4-21-25(20,24-8)23-7-1-2-27-28-5-7/h6-10H,1-5H2,(H3,15,17,18,26)/t7-,8-,9+,10+,25-/m0/s1. The average Bonchev–Trinajstić information content (AvgIpc) is 3.25. The molecule has 0 unspecified atom stereocenters. The monoisotopic (exact) mass is 463 g/mol. The number of fused-ring (bicyclic) bond motifs is 2. The van der Waals surface area contributed by atoms with Gasteiger partial charge in [-0.25, -0.2) is 9.55 Å². The van der Waals surface area contributed by atoms with Gasteiger partial charge in [-0.2, -0.15) is 4.98 Å². The molecule has 10 nitrogen and oxygen atoms in total. The van der Waals surface area contributed by atoms with Crippen LogP contribution in [0.4, 0.5) is 5.95 Å². The van der Waals surface area contributed by atoms with Crippen molar-refractivity contribution >= 4 is 58.7 Å². The average molecular weight is 464 g/mol. The SMILES string of the molecule is Nc1nc2c(ncn2[C@H]2C[C@@H]3O[P@](=O)(O[C@H]4CCSSC4)OC[C@H]3O2)c(=S)[nH]1. The first-order chi connectivity index (χ1) is 13.5. The molecule has 3 N–H and O–H groups in total. The zero-order valence-electron chi connectivity index (χ0n) is 14.6. The fourth-order valence-corrected chi connectivity index (χ4v) is 7.71. The molecule has 0 aromatic carbocycles. The second kappa shape index (κ2) is 7.55. The van der Waals surface area contributed by atoms with Crippen LogP contribution in [0, 0.1) is 4.64 Å². The Labute approximate surface area is 173 Å². The number of aromatic nitrogens is 4. The van der Waals surface area contributed by atoms with Crippen LogP contribution >= 0.6 is 41.6 Å². The van der Waals surface area contributed by atoms with Crippen molar-refractivity contribution in [2.45, 2.75) is 37.4 Å². The van der Waals surface area contributed by atoms with Crippen molar-refractivity contribution in [2.24, 2.45) is 0 Å². The summed E-state index contributed by atoms with van der Waals surface area (Å²) in [6, 6.07) is 0. The Hall–Kier alpha value is -0.660. The maximum absolute atomic E-state index is 12.9. The lowest BCUT2D eigenvalue weighted by molar-refractivity contribution is -0.0739. The number of nitrogens with one attached hydrogen (secondary N) is 1. The zero-order chi connectivity index (χ0) is 19.3. The van der Waals surface area contributed by atoms with E-state index in [2.05, 4.69) is 15.0 Å². The summed E-state index contributed by atoms with van der Waals surface area (Å²) in [7, 11) is -0.107. The molecule has 3 saturated heterocycles. The Morgan fingerprint density at radius 1 is 1.43 bits per heavy atom. The van der Waals surface area contributed by atoms with Gasteiger partial charge in [-0.05, 0) is 6.42 Å². The van der Waals surface area contributed by atoms with Gasteiger partial charge in [0.15, 0.2) is 5.65 Å². The molecule has 14 heteroatoms. The summed E-state index contributed by atoms with van der Waals surface area (Å²) in [5.41, 5.74) is 6.85. The number of rotatable bonds is 3. The van der Waals surface area contributed by atoms with E-state index in [0.29, 0.717) is 22.2 Å². The number of anilines is 1. The molecular formula is C14H18N5O5PS3. The van der Waals surface area contributed by atoms with Gasteiger partial charge in [-0.1, -0.05) is 33.8 Å². The van der Waals surface area contributed by atoms with Crippen molar-refractivity contribution in [2.75, 3.05) is 23.8 Å². The van der Waals surface area contributed by atoms with Crippen LogP contribution in [0.1, 0.15) is 19.1 Å². The Balaban J connectivity index is 1.33. The molecular weight excluding hydrogens is 445 g/mol. The smallest absolute Gasteiger partial charge is 0.369 e. The molecule has 3 aliphatic rings. The van der Waals surface area contributed by atoms with Gasteiger partial charge in [0.2, 0.25) is 5.95 Å². The predicted molar refractivity (Wildman–Crippen MR) is 108 cm³/mol. The highest BCUT2D eigenvalue weighted by atomic mass is 33.1. The molecule has 152 valence electrons. The summed E-state index contributed by atoms with van der Waals surface area (Å²) in [6.07, 6.45) is 1.63. The number of phosphoric acid groups is 1. The zero-order valence-corrected chi connectivity index (χ0v) is 17.9. The largest absolute Gasteiger partial charge is 0.475 e. The molecule has 0 spiro atoms. The van der Waals surface area contributed by atoms with Gasteiger partial charge in [0, 0.05) is 17.9 Å². The molecule has 0 bridgehead atoms. The first-order valence-corrected chi connectivity index (χ1v) is 13.1. The Kier molecular flexibility index (Phi) is 5.21. The first kappa shape index (κ1) is 19.3. The van der Waals surface area contributed by atoms with E-state index in [-0.39, 0.29) is 24.8 Å². The summed E-state index contributed by atoms with van der Waals surface area (Å²) in [4.78, 5) is 11.4. The van der Waals surface area contributed by atoms with Gasteiger partial charge in [-0.15, -0.1) is 0 Å². The second-order valence-corrected chi connectivity index (χ2v) is 11.3. The maximum atomic E-state index is 12.9. The molecule has 5 rings (SSSR count). The van der Waals surface area contributed by atoms with Crippen LogP contribution in [0.15, 0.2) is 6.33 Å². The topological polar surface area (TPSA) is 127 Å². The normalized spacial score (nSPS) is 35.9. The highest BCUT2D eigenvalue weighted by molar-refractivity contribution is 8.76. The van der Waals surface area contributed by atoms with Crippen molar-refractivity contribution < 1.29 is 22.9 Å². The van der Waals surface area contributed by atoms with E-state index in [1.807, 2.05) is 0 Å². The maximum Gasteiger partial charge on any atom is 0.475 e. The third-order valence-corrected chi connectivity index (χ3v) is 9.07. The van der Waals surface area contributed by atoms with Crippen LogP contribution in [0.25, 0.3) is 11.2 Å². The third kappa shape index (κ3) is 3.63. The molecule has 28 heavy (non-hydrogen) atoms. The van der Waals surface area contributed by atoms with E-state index < -0.39 is 20.2 Å². The number of nitrogens with two attached hydrogens (primary N) is 1. The molecule has 5 atom stereocenters. The van der Waals surface area contributed by atoms with Gasteiger partial charge in [-0.3, -0.25) is 18.1 Å². The van der Waals surface area contributed by atoms with Gasteiger partial charge in [0.25, 0.3) is 0 Å². The molecule has 3 aliphatic heterocycles. The number of H-pyrrole nitrogens is 1. The van der Waals surface area contributed by atoms with Crippen LogP contribution in [-0.2, 0) is 22.9 Å². The van der Waals surface area contributed by atoms with Crippen molar-refractivity contribution in [1.82, 2.24) is 19.5 Å². The molecule has 0 saturated carbocycles. The van der Waals surface area contributed by atoms with Crippen molar-refractivity contribution in [1.29, 1.82) is 0 Å². The highest BCUT2D eigenvalue weighted by Crippen LogP contribution is 2.58. The van der Waals surface area contributed by atoms with Crippen LogP contribution in [0.3, 0.4) is 0 Å². The van der Waals surface area contributed by atoms with Crippen molar-refractivity contribution in [3.05, 3.63) is 11.0 Å². The molecule has 3 fully saturated rings. The van der Waals surface area contributed by atoms with E-state index in [4.69, 9.17) is 36.3 Å². The molecule has 0 radical (unpaired) electrons. The van der Waals surface area contributed by atoms with Crippen molar-refractivity contribution in [3.8, 4) is 0 Å². The van der Waals surface area contributed by atoms with Gasteiger partial charge < -0.3 is 15.5 Å². The molecule has 2 aromatic rings. The molecule has 5 heterocycles. The Morgan fingerprint density at radius 2 is 2.32 bits per heavy atom. The van der Waals surface area contributed by atoms with Crippen molar-refractivity contribution in [3.63, 3.8) is 0 Å². The van der Waals surface area contributed by atoms with E-state index in [1.54, 1.807) is 32.5 Å². The number of hydrogen-bond donors (Lipinski definition) is 2. The minimum Gasteiger partial charge on any atom is -0.369 e. The van der Waals surface area contributed by atoms with E-state index >= 15 is 0 Å². The summed E-state index contributed by atoms with van der Waals surface area (Å²) in [5, 5.41) is 0. The molecule has 0 aliphatic carbocycles.